The van der Waals surface area contributed by atoms with Crippen LogP contribution in [0, 0.1) is 0 Å². The van der Waals surface area contributed by atoms with E-state index < -0.39 is 67.4 Å². The Bertz CT molecular complexity index is 1610. The maximum Gasteiger partial charge on any atom is 0.306 e. The quantitative estimate of drug-likeness (QED) is 0.0149. The number of hydrogen-bond donors (Lipinski definition) is 6. The van der Waals surface area contributed by atoms with Gasteiger partial charge in [-0.3, -0.25) is 9.59 Å². The monoisotopic (exact) mass is 992 g/mol. The zero-order chi connectivity index (χ0) is 51.8. The lowest BCUT2D eigenvalue weighted by Crippen LogP contribution is -2.61. The van der Waals surface area contributed by atoms with E-state index in [-0.39, 0.29) is 19.4 Å². The Hall–Kier alpha value is -3.94. The summed E-state index contributed by atoms with van der Waals surface area (Å²) in [5, 5.41) is 56.6. The predicted molar refractivity (Wildman–Crippen MR) is 291 cm³/mol. The minimum Gasteiger partial charge on any atom is -0.454 e. The van der Waals surface area contributed by atoms with Gasteiger partial charge < -0.3 is 45.1 Å². The summed E-state index contributed by atoms with van der Waals surface area (Å²) in [4.78, 5) is 26.4. The Labute approximate surface area is 430 Å². The molecule has 11 nitrogen and oxygen atoms in total. The van der Waals surface area contributed by atoms with E-state index >= 15 is 0 Å². The fourth-order valence-electron chi connectivity index (χ4n) is 7.63. The molecule has 402 valence electrons. The van der Waals surface area contributed by atoms with Crippen LogP contribution in [-0.2, 0) is 23.8 Å². The smallest absolute Gasteiger partial charge is 0.306 e. The van der Waals surface area contributed by atoms with Crippen molar-refractivity contribution in [3.63, 3.8) is 0 Å². The van der Waals surface area contributed by atoms with E-state index in [1.54, 1.807) is 6.08 Å². The lowest BCUT2D eigenvalue weighted by Gasteiger charge is -2.41. The van der Waals surface area contributed by atoms with Gasteiger partial charge >= 0.3 is 5.97 Å². The molecule has 0 aromatic heterocycles. The molecule has 1 aliphatic heterocycles. The minimum atomic E-state index is -1.64. The first-order chi connectivity index (χ1) is 34.7. The van der Waals surface area contributed by atoms with Gasteiger partial charge in [-0.1, -0.05) is 206 Å². The molecular formula is C60H97NO10. The number of amides is 1. The van der Waals surface area contributed by atoms with Gasteiger partial charge in [-0.25, -0.2) is 0 Å². The van der Waals surface area contributed by atoms with Gasteiger partial charge in [0.2, 0.25) is 5.91 Å². The van der Waals surface area contributed by atoms with Crippen molar-refractivity contribution in [1.29, 1.82) is 0 Å². The highest BCUT2D eigenvalue weighted by atomic mass is 16.7. The number of ether oxygens (including phenoxy) is 3. The number of carbonyl (C=O) groups excluding carboxylic acids is 2. The second-order valence-corrected chi connectivity index (χ2v) is 18.3. The molecule has 1 saturated heterocycles. The zero-order valence-corrected chi connectivity index (χ0v) is 44.0. The topological polar surface area (TPSA) is 175 Å². The van der Waals surface area contributed by atoms with Crippen molar-refractivity contribution >= 4 is 11.9 Å². The van der Waals surface area contributed by atoms with Crippen LogP contribution in [0.4, 0.5) is 0 Å². The molecule has 11 heteroatoms. The molecule has 0 saturated carbocycles. The summed E-state index contributed by atoms with van der Waals surface area (Å²) in [5.41, 5.74) is 0. The highest BCUT2D eigenvalue weighted by molar-refractivity contribution is 5.80. The summed E-state index contributed by atoms with van der Waals surface area (Å²) >= 11 is 0. The van der Waals surface area contributed by atoms with Crippen molar-refractivity contribution in [3.05, 3.63) is 122 Å². The molecule has 0 bridgehead atoms. The lowest BCUT2D eigenvalue weighted by atomic mass is 9.99. The fraction of sp³-hybridized carbons (Fsp3) is 0.633. The third kappa shape index (κ3) is 35.8. The Kier molecular flexibility index (Phi) is 43.2. The average molecular weight is 992 g/mol. The maximum atomic E-state index is 13.3. The van der Waals surface area contributed by atoms with Crippen molar-refractivity contribution in [2.75, 3.05) is 13.2 Å². The predicted octanol–water partition coefficient (Wildman–Crippen LogP) is 11.9. The second kappa shape index (κ2) is 47.1. The number of rotatable bonds is 43. The number of allylic oxidation sites excluding steroid dienone is 19. The van der Waals surface area contributed by atoms with Crippen molar-refractivity contribution in [3.8, 4) is 0 Å². The normalized spacial score (nSPS) is 20.6. The van der Waals surface area contributed by atoms with Crippen LogP contribution in [0.15, 0.2) is 122 Å². The van der Waals surface area contributed by atoms with E-state index in [9.17, 15) is 35.1 Å². The molecule has 0 spiro atoms. The van der Waals surface area contributed by atoms with Crippen LogP contribution in [0.3, 0.4) is 0 Å². The molecule has 8 atom stereocenters. The number of hydrogen-bond acceptors (Lipinski definition) is 10. The van der Waals surface area contributed by atoms with Gasteiger partial charge in [0.1, 0.15) is 24.4 Å². The van der Waals surface area contributed by atoms with Crippen LogP contribution in [0.5, 0.6) is 0 Å². The third-order valence-corrected chi connectivity index (χ3v) is 12.0. The first-order valence-electron chi connectivity index (χ1n) is 27.4. The molecule has 1 aliphatic rings. The van der Waals surface area contributed by atoms with E-state index in [0.717, 1.165) is 96.3 Å². The molecule has 0 radical (unpaired) electrons. The summed E-state index contributed by atoms with van der Waals surface area (Å²) in [6.07, 6.45) is 54.0. The van der Waals surface area contributed by atoms with Crippen LogP contribution < -0.4 is 5.32 Å². The fourth-order valence-corrected chi connectivity index (χ4v) is 7.63. The third-order valence-electron chi connectivity index (χ3n) is 12.0. The van der Waals surface area contributed by atoms with Gasteiger partial charge in [-0.15, -0.1) is 0 Å². The molecule has 71 heavy (non-hydrogen) atoms. The summed E-state index contributed by atoms with van der Waals surface area (Å²) in [7, 11) is 0. The summed E-state index contributed by atoms with van der Waals surface area (Å²) < 4.78 is 17.5. The van der Waals surface area contributed by atoms with Crippen LogP contribution in [0.1, 0.15) is 181 Å². The number of carbonyl (C=O) groups is 2. The van der Waals surface area contributed by atoms with E-state index in [1.165, 1.54) is 38.5 Å². The SMILES string of the molecule is CC/C=C\C/C=C\C/C=C\C/C=C\C/C=C\CCCCCC(=O)OC1C(OCC(NC(=O)C(O)CCCC\C=C/C=C\C=C\C=C\CC)C(O)/C=C/CCCCCCCCCCC)OC(CO)C(O)C1O. The van der Waals surface area contributed by atoms with Gasteiger partial charge in [0, 0.05) is 6.42 Å². The summed E-state index contributed by atoms with van der Waals surface area (Å²) in [6.45, 7) is 5.43. The molecule has 1 rings (SSSR count). The summed E-state index contributed by atoms with van der Waals surface area (Å²) in [5.74, 6) is -1.28. The molecule has 8 unspecified atom stereocenters. The Morgan fingerprint density at radius 2 is 1.08 bits per heavy atom. The molecule has 0 aliphatic carbocycles. The molecule has 0 aromatic rings. The number of aliphatic hydroxyl groups excluding tert-OH is 5. The molecule has 0 aromatic carbocycles. The van der Waals surface area contributed by atoms with Gasteiger partial charge in [0.05, 0.1) is 25.4 Å². The van der Waals surface area contributed by atoms with Crippen LogP contribution >= 0.6 is 0 Å². The van der Waals surface area contributed by atoms with Crippen molar-refractivity contribution in [1.82, 2.24) is 5.32 Å². The van der Waals surface area contributed by atoms with Gasteiger partial charge in [0.15, 0.2) is 12.4 Å². The standard InChI is InChI=1S/C60H97NO10/c1-4-7-10-13-16-19-22-24-25-26-27-28-29-30-33-36-39-42-45-48-55(65)71-58-57(67)56(66)54(49-62)70-60(58)69-50-51(52(63)46-43-40-37-34-31-21-18-15-12-9-6-3)61-59(68)53(64)47-44-41-38-35-32-23-20-17-14-11-8-5-2/h7-8,10-11,14,16-17,19-20,23-25,27-28,30,32-33,35,43,46,51-54,56-58,60,62-64,66-67H,4-6,9,12-13,15,18,21-22,26,29,31,34,36-42,44-45,47-50H2,1-3H3,(H,61,68)/b10-7-,11-8+,17-14+,19-16-,23-20-,25-24-,28-27-,33-30-,35-32-,46-43+. The second-order valence-electron chi connectivity index (χ2n) is 18.3. The van der Waals surface area contributed by atoms with Crippen LogP contribution in [-0.4, -0.2) is 99.6 Å². The largest absolute Gasteiger partial charge is 0.454 e. The van der Waals surface area contributed by atoms with Crippen molar-refractivity contribution in [2.24, 2.45) is 0 Å². The Morgan fingerprint density at radius 3 is 1.69 bits per heavy atom. The van der Waals surface area contributed by atoms with E-state index in [2.05, 4.69) is 92.9 Å². The van der Waals surface area contributed by atoms with Crippen LogP contribution in [0.2, 0.25) is 0 Å². The first-order valence-corrected chi connectivity index (χ1v) is 27.4. The van der Waals surface area contributed by atoms with Gasteiger partial charge in [0.25, 0.3) is 0 Å². The van der Waals surface area contributed by atoms with Gasteiger partial charge in [-0.2, -0.15) is 0 Å². The van der Waals surface area contributed by atoms with Crippen molar-refractivity contribution in [2.45, 2.75) is 230 Å². The highest BCUT2D eigenvalue weighted by Crippen LogP contribution is 2.26. The number of aliphatic hydroxyl groups is 5. The average Bonchev–Trinajstić information content (AvgIpc) is 3.37. The molecule has 1 fully saturated rings. The zero-order valence-electron chi connectivity index (χ0n) is 44.0. The number of unbranched alkanes of at least 4 members (excludes halogenated alkanes) is 14. The molecule has 6 N–H and O–H groups in total. The minimum absolute atomic E-state index is 0.0717. The first kappa shape index (κ1) is 65.1. The molecule has 1 amide bonds. The van der Waals surface area contributed by atoms with Crippen molar-refractivity contribution < 1.29 is 49.3 Å². The van der Waals surface area contributed by atoms with E-state index in [4.69, 9.17) is 14.2 Å². The maximum absolute atomic E-state index is 13.3. The molecule has 1 heterocycles. The van der Waals surface area contributed by atoms with Gasteiger partial charge in [-0.05, 0) is 89.9 Å². The summed E-state index contributed by atoms with van der Waals surface area (Å²) in [6, 6.07) is -1.06. The molecular weight excluding hydrogens is 895 g/mol. The Balaban J connectivity index is 2.78. The van der Waals surface area contributed by atoms with E-state index in [0.29, 0.717) is 12.8 Å². The Morgan fingerprint density at radius 1 is 0.577 bits per heavy atom. The van der Waals surface area contributed by atoms with E-state index in [1.807, 2.05) is 48.6 Å². The number of nitrogens with one attached hydrogen (secondary N) is 1. The highest BCUT2D eigenvalue weighted by Gasteiger charge is 2.47. The lowest BCUT2D eigenvalue weighted by molar-refractivity contribution is -0.305. The number of esters is 1. The van der Waals surface area contributed by atoms with Crippen LogP contribution in [0.25, 0.3) is 0 Å².